The van der Waals surface area contributed by atoms with Gasteiger partial charge in [0.2, 0.25) is 0 Å². The maximum Gasteiger partial charge on any atom is 0.163 e. The Hall–Kier alpha value is -1.75. The van der Waals surface area contributed by atoms with Crippen LogP contribution in [0.5, 0.6) is 11.5 Å². The van der Waals surface area contributed by atoms with Gasteiger partial charge in [0.05, 0.1) is 18.9 Å². The monoisotopic (exact) mass is 224 g/mol. The SMILES string of the molecule is CCOc1ccc(N=CNO)cc1OCC. The van der Waals surface area contributed by atoms with Crippen LogP contribution in [0, 0.1) is 0 Å². The van der Waals surface area contributed by atoms with Gasteiger partial charge in [-0.2, -0.15) is 0 Å². The molecule has 5 heteroatoms. The van der Waals surface area contributed by atoms with E-state index in [-0.39, 0.29) is 0 Å². The lowest BCUT2D eigenvalue weighted by atomic mass is 10.3. The van der Waals surface area contributed by atoms with Crippen LogP contribution in [-0.4, -0.2) is 24.8 Å². The number of hydrogen-bond acceptors (Lipinski definition) is 4. The molecule has 16 heavy (non-hydrogen) atoms. The predicted octanol–water partition coefficient (Wildman–Crippen LogP) is 2.12. The number of ether oxygens (including phenoxy) is 2. The van der Waals surface area contributed by atoms with Gasteiger partial charge in [0.25, 0.3) is 0 Å². The van der Waals surface area contributed by atoms with Crippen molar-refractivity contribution in [2.24, 2.45) is 4.99 Å². The molecule has 1 rings (SSSR count). The number of nitrogens with one attached hydrogen (secondary N) is 1. The van der Waals surface area contributed by atoms with Crippen molar-refractivity contribution in [3.63, 3.8) is 0 Å². The zero-order valence-corrected chi connectivity index (χ0v) is 9.43. The first kappa shape index (κ1) is 12.3. The van der Waals surface area contributed by atoms with E-state index in [0.29, 0.717) is 30.4 Å². The molecule has 0 amide bonds. The van der Waals surface area contributed by atoms with Gasteiger partial charge < -0.3 is 9.47 Å². The Kier molecular flexibility index (Phi) is 5.15. The van der Waals surface area contributed by atoms with Crippen molar-refractivity contribution in [1.29, 1.82) is 0 Å². The maximum atomic E-state index is 8.38. The second kappa shape index (κ2) is 6.68. The van der Waals surface area contributed by atoms with Gasteiger partial charge in [-0.15, -0.1) is 0 Å². The fourth-order valence-corrected chi connectivity index (χ4v) is 1.22. The van der Waals surface area contributed by atoms with E-state index in [9.17, 15) is 0 Å². The summed E-state index contributed by atoms with van der Waals surface area (Å²) in [5, 5.41) is 8.38. The van der Waals surface area contributed by atoms with Crippen molar-refractivity contribution >= 4 is 12.0 Å². The molecule has 0 unspecified atom stereocenters. The van der Waals surface area contributed by atoms with Crippen LogP contribution in [0.2, 0.25) is 0 Å². The average Bonchev–Trinajstić information content (AvgIpc) is 2.30. The molecule has 0 heterocycles. The third-order valence-corrected chi connectivity index (χ3v) is 1.80. The van der Waals surface area contributed by atoms with Gasteiger partial charge in [0, 0.05) is 6.07 Å². The lowest BCUT2D eigenvalue weighted by Gasteiger charge is -2.10. The molecule has 2 N–H and O–H groups in total. The van der Waals surface area contributed by atoms with E-state index >= 15 is 0 Å². The molecule has 88 valence electrons. The number of rotatable bonds is 6. The van der Waals surface area contributed by atoms with Gasteiger partial charge >= 0.3 is 0 Å². The molecule has 0 atom stereocenters. The molecule has 1 aromatic carbocycles. The normalized spacial score (nSPS) is 10.4. The van der Waals surface area contributed by atoms with Gasteiger partial charge in [0.15, 0.2) is 11.5 Å². The van der Waals surface area contributed by atoms with Crippen LogP contribution in [0.1, 0.15) is 13.8 Å². The lowest BCUT2D eigenvalue weighted by molar-refractivity contribution is 0.240. The minimum atomic E-state index is 0.561. The molecule has 0 fully saturated rings. The fourth-order valence-electron chi connectivity index (χ4n) is 1.22. The highest BCUT2D eigenvalue weighted by Crippen LogP contribution is 2.31. The zero-order chi connectivity index (χ0) is 11.8. The van der Waals surface area contributed by atoms with Crippen molar-refractivity contribution in [1.82, 2.24) is 5.48 Å². The first-order chi connectivity index (χ1) is 7.81. The Morgan fingerprint density at radius 1 is 1.25 bits per heavy atom. The zero-order valence-electron chi connectivity index (χ0n) is 9.43. The summed E-state index contributed by atoms with van der Waals surface area (Å²) < 4.78 is 10.8. The first-order valence-electron chi connectivity index (χ1n) is 5.13. The summed E-state index contributed by atoms with van der Waals surface area (Å²) in [6.07, 6.45) is 1.19. The van der Waals surface area contributed by atoms with E-state index in [1.54, 1.807) is 18.2 Å². The van der Waals surface area contributed by atoms with Crippen molar-refractivity contribution in [2.75, 3.05) is 13.2 Å². The molecule has 0 aliphatic rings. The van der Waals surface area contributed by atoms with E-state index in [4.69, 9.17) is 14.7 Å². The first-order valence-corrected chi connectivity index (χ1v) is 5.13. The smallest absolute Gasteiger partial charge is 0.163 e. The third kappa shape index (κ3) is 3.43. The van der Waals surface area contributed by atoms with E-state index in [2.05, 4.69) is 4.99 Å². The van der Waals surface area contributed by atoms with E-state index in [1.165, 1.54) is 6.34 Å². The highest BCUT2D eigenvalue weighted by molar-refractivity contribution is 5.62. The van der Waals surface area contributed by atoms with Crippen LogP contribution in [0.15, 0.2) is 23.2 Å². The van der Waals surface area contributed by atoms with Gasteiger partial charge in [-0.3, -0.25) is 10.7 Å². The highest BCUT2D eigenvalue weighted by atomic mass is 16.5. The molecule has 0 aliphatic heterocycles. The van der Waals surface area contributed by atoms with Crippen LogP contribution in [0.4, 0.5) is 5.69 Å². The Labute approximate surface area is 94.7 Å². The molecule has 0 saturated heterocycles. The summed E-state index contributed by atoms with van der Waals surface area (Å²) in [7, 11) is 0. The van der Waals surface area contributed by atoms with Gasteiger partial charge in [0.1, 0.15) is 6.34 Å². The Morgan fingerprint density at radius 3 is 2.56 bits per heavy atom. The average molecular weight is 224 g/mol. The second-order valence-corrected chi connectivity index (χ2v) is 2.88. The minimum absolute atomic E-state index is 0.561. The van der Waals surface area contributed by atoms with Crippen molar-refractivity contribution in [3.8, 4) is 11.5 Å². The van der Waals surface area contributed by atoms with E-state index in [1.807, 2.05) is 19.3 Å². The largest absolute Gasteiger partial charge is 0.490 e. The summed E-state index contributed by atoms with van der Waals surface area (Å²) in [6, 6.07) is 5.32. The minimum Gasteiger partial charge on any atom is -0.490 e. The van der Waals surface area contributed by atoms with Crippen LogP contribution in [0.25, 0.3) is 0 Å². The summed E-state index contributed by atoms with van der Waals surface area (Å²) >= 11 is 0. The summed E-state index contributed by atoms with van der Waals surface area (Å²) in [4.78, 5) is 3.95. The lowest BCUT2D eigenvalue weighted by Crippen LogP contribution is -2.01. The maximum absolute atomic E-state index is 8.38. The van der Waals surface area contributed by atoms with Crippen LogP contribution < -0.4 is 15.0 Å². The number of hydroxylamine groups is 1. The number of aliphatic imine (C=N–C) groups is 1. The molecule has 0 saturated carbocycles. The van der Waals surface area contributed by atoms with Crippen molar-refractivity contribution < 1.29 is 14.7 Å². The van der Waals surface area contributed by atoms with Crippen molar-refractivity contribution in [2.45, 2.75) is 13.8 Å². The van der Waals surface area contributed by atoms with Crippen molar-refractivity contribution in [3.05, 3.63) is 18.2 Å². The summed E-state index contributed by atoms with van der Waals surface area (Å²) in [6.45, 7) is 4.96. The van der Waals surface area contributed by atoms with Crippen LogP contribution >= 0.6 is 0 Å². The molecule has 5 nitrogen and oxygen atoms in total. The molecule has 0 bridgehead atoms. The predicted molar refractivity (Wildman–Crippen MR) is 61.9 cm³/mol. The molecule has 0 aliphatic carbocycles. The molecule has 0 spiro atoms. The van der Waals surface area contributed by atoms with Crippen LogP contribution in [-0.2, 0) is 0 Å². The van der Waals surface area contributed by atoms with Crippen LogP contribution in [0.3, 0.4) is 0 Å². The molecule has 0 radical (unpaired) electrons. The highest BCUT2D eigenvalue weighted by Gasteiger charge is 2.04. The summed E-state index contributed by atoms with van der Waals surface area (Å²) in [5.74, 6) is 1.34. The third-order valence-electron chi connectivity index (χ3n) is 1.80. The standard InChI is InChI=1S/C11H16N2O3/c1-3-15-10-6-5-9(12-8-13-14)7-11(10)16-4-2/h5-8,14H,3-4H2,1-2H3,(H,12,13). The Morgan fingerprint density at radius 2 is 1.94 bits per heavy atom. The van der Waals surface area contributed by atoms with E-state index < -0.39 is 0 Å². The second-order valence-electron chi connectivity index (χ2n) is 2.88. The molecule has 1 aromatic rings. The summed E-state index contributed by atoms with van der Waals surface area (Å²) in [5.41, 5.74) is 2.52. The topological polar surface area (TPSA) is 63.1 Å². The van der Waals surface area contributed by atoms with Gasteiger partial charge in [-0.05, 0) is 26.0 Å². The number of benzene rings is 1. The number of nitrogens with zero attached hydrogens (tertiary/aromatic N) is 1. The van der Waals surface area contributed by atoms with Gasteiger partial charge in [-0.25, -0.2) is 4.99 Å². The molecule has 0 aromatic heterocycles. The Bertz CT molecular complexity index is 353. The molecular weight excluding hydrogens is 208 g/mol. The number of hydrogen-bond donors (Lipinski definition) is 2. The van der Waals surface area contributed by atoms with Gasteiger partial charge in [-0.1, -0.05) is 0 Å². The van der Waals surface area contributed by atoms with E-state index in [0.717, 1.165) is 0 Å². The molecular formula is C11H16N2O3. The fraction of sp³-hybridized carbons (Fsp3) is 0.364. The quantitative estimate of drug-likeness (QED) is 0.441. The Balaban J connectivity index is 2.92.